The summed E-state index contributed by atoms with van der Waals surface area (Å²) in [5.74, 6) is 0.874. The van der Waals surface area contributed by atoms with Gasteiger partial charge in [-0.25, -0.2) is 0 Å². The van der Waals surface area contributed by atoms with Crippen molar-refractivity contribution >= 4 is 5.91 Å². The summed E-state index contributed by atoms with van der Waals surface area (Å²) >= 11 is 0. The number of ether oxygens (including phenoxy) is 1. The molecule has 1 aromatic carbocycles. The van der Waals surface area contributed by atoms with Crippen molar-refractivity contribution in [3.8, 4) is 5.75 Å². The lowest BCUT2D eigenvalue weighted by Gasteiger charge is -2.44. The summed E-state index contributed by atoms with van der Waals surface area (Å²) in [5, 5.41) is 13.4. The summed E-state index contributed by atoms with van der Waals surface area (Å²) in [5.41, 5.74) is 1.06. The number of fused-ring (bicyclic) bond motifs is 1. The van der Waals surface area contributed by atoms with E-state index in [1.807, 2.05) is 31.2 Å². The SMILES string of the molecule is Cc1ccccc1OCC(O)CN1CC(=O)NC2CCCCC21. The van der Waals surface area contributed by atoms with E-state index in [9.17, 15) is 9.90 Å². The maximum atomic E-state index is 11.9. The van der Waals surface area contributed by atoms with E-state index >= 15 is 0 Å². The topological polar surface area (TPSA) is 61.8 Å². The summed E-state index contributed by atoms with van der Waals surface area (Å²) in [6.45, 7) is 3.10. The summed E-state index contributed by atoms with van der Waals surface area (Å²) in [6, 6.07) is 8.39. The number of benzene rings is 1. The van der Waals surface area contributed by atoms with Crippen molar-refractivity contribution in [2.45, 2.75) is 50.8 Å². The van der Waals surface area contributed by atoms with Crippen LogP contribution < -0.4 is 10.1 Å². The fraction of sp³-hybridized carbons (Fsp3) is 0.611. The zero-order chi connectivity index (χ0) is 16.2. The van der Waals surface area contributed by atoms with Crippen LogP contribution in [0.5, 0.6) is 5.75 Å². The summed E-state index contributed by atoms with van der Waals surface area (Å²) in [4.78, 5) is 14.0. The number of aryl methyl sites for hydroxylation is 1. The van der Waals surface area contributed by atoms with Gasteiger partial charge in [-0.05, 0) is 31.4 Å². The number of piperazine rings is 1. The largest absolute Gasteiger partial charge is 0.491 e. The van der Waals surface area contributed by atoms with E-state index in [2.05, 4.69) is 10.2 Å². The van der Waals surface area contributed by atoms with Crippen LogP contribution in [0.4, 0.5) is 0 Å². The lowest BCUT2D eigenvalue weighted by Crippen LogP contribution is -2.62. The molecule has 3 unspecified atom stereocenters. The minimum atomic E-state index is -0.594. The number of hydrogen-bond acceptors (Lipinski definition) is 4. The first-order valence-electron chi connectivity index (χ1n) is 8.53. The van der Waals surface area contributed by atoms with Crippen LogP contribution in [0.3, 0.4) is 0 Å². The zero-order valence-electron chi connectivity index (χ0n) is 13.7. The molecule has 5 heteroatoms. The first-order chi connectivity index (χ1) is 11.1. The highest BCUT2D eigenvalue weighted by atomic mass is 16.5. The van der Waals surface area contributed by atoms with E-state index in [0.29, 0.717) is 19.1 Å². The van der Waals surface area contributed by atoms with Crippen LogP contribution in [-0.4, -0.2) is 53.8 Å². The van der Waals surface area contributed by atoms with E-state index in [1.165, 1.54) is 12.8 Å². The molecular weight excluding hydrogens is 292 g/mol. The van der Waals surface area contributed by atoms with Crippen LogP contribution >= 0.6 is 0 Å². The molecule has 1 aliphatic carbocycles. The molecule has 23 heavy (non-hydrogen) atoms. The van der Waals surface area contributed by atoms with Gasteiger partial charge in [0.2, 0.25) is 5.91 Å². The molecule has 5 nitrogen and oxygen atoms in total. The second-order valence-electron chi connectivity index (χ2n) is 6.69. The third kappa shape index (κ3) is 4.03. The van der Waals surface area contributed by atoms with Gasteiger partial charge in [-0.15, -0.1) is 0 Å². The standard InChI is InChI=1S/C18H26N2O3/c1-13-6-2-5-9-17(13)23-12-14(21)10-20-11-18(22)19-15-7-3-4-8-16(15)20/h2,5-6,9,14-16,21H,3-4,7-8,10-12H2,1H3,(H,19,22). The van der Waals surface area contributed by atoms with Crippen LogP contribution in [0, 0.1) is 6.92 Å². The molecular formula is C18H26N2O3. The molecule has 1 saturated carbocycles. The number of carbonyl (C=O) groups excluding carboxylic acids is 1. The maximum absolute atomic E-state index is 11.9. The molecule has 0 radical (unpaired) electrons. The second-order valence-corrected chi connectivity index (χ2v) is 6.69. The molecule has 0 bridgehead atoms. The van der Waals surface area contributed by atoms with Gasteiger partial charge < -0.3 is 15.2 Å². The smallest absolute Gasteiger partial charge is 0.234 e. The van der Waals surface area contributed by atoms with Crippen molar-refractivity contribution in [3.63, 3.8) is 0 Å². The Morgan fingerprint density at radius 2 is 2.13 bits per heavy atom. The number of nitrogens with zero attached hydrogens (tertiary/aromatic N) is 1. The van der Waals surface area contributed by atoms with E-state index in [1.54, 1.807) is 0 Å². The van der Waals surface area contributed by atoms with Crippen LogP contribution in [0.15, 0.2) is 24.3 Å². The van der Waals surface area contributed by atoms with Crippen molar-refractivity contribution in [3.05, 3.63) is 29.8 Å². The number of rotatable bonds is 5. The molecule has 1 aromatic rings. The molecule has 3 atom stereocenters. The molecule has 126 valence electrons. The number of nitrogens with one attached hydrogen (secondary N) is 1. The molecule has 0 aromatic heterocycles. The van der Waals surface area contributed by atoms with Gasteiger partial charge in [0.25, 0.3) is 0 Å². The minimum absolute atomic E-state index is 0.0696. The fourth-order valence-electron chi connectivity index (χ4n) is 3.70. The number of para-hydroxylation sites is 1. The normalized spacial score (nSPS) is 26.3. The third-order valence-corrected chi connectivity index (χ3v) is 4.86. The third-order valence-electron chi connectivity index (χ3n) is 4.86. The Hall–Kier alpha value is -1.59. The molecule has 1 aliphatic heterocycles. The van der Waals surface area contributed by atoms with Crippen molar-refractivity contribution in [1.29, 1.82) is 0 Å². The summed E-state index contributed by atoms with van der Waals surface area (Å²) in [6.07, 6.45) is 3.92. The predicted molar refractivity (Wildman–Crippen MR) is 88.4 cm³/mol. The Bertz CT molecular complexity index is 549. The Morgan fingerprint density at radius 1 is 1.35 bits per heavy atom. The van der Waals surface area contributed by atoms with Gasteiger partial charge >= 0.3 is 0 Å². The van der Waals surface area contributed by atoms with Crippen LogP contribution in [0.2, 0.25) is 0 Å². The van der Waals surface area contributed by atoms with Crippen molar-refractivity contribution < 1.29 is 14.6 Å². The van der Waals surface area contributed by atoms with E-state index in [0.717, 1.165) is 24.2 Å². The highest BCUT2D eigenvalue weighted by Gasteiger charge is 2.36. The van der Waals surface area contributed by atoms with Gasteiger partial charge in [-0.1, -0.05) is 31.0 Å². The van der Waals surface area contributed by atoms with Gasteiger partial charge in [-0.2, -0.15) is 0 Å². The lowest BCUT2D eigenvalue weighted by atomic mass is 9.87. The molecule has 2 aliphatic rings. The van der Waals surface area contributed by atoms with Crippen molar-refractivity contribution in [2.75, 3.05) is 19.7 Å². The first-order valence-corrected chi connectivity index (χ1v) is 8.53. The van der Waals surface area contributed by atoms with Crippen LogP contribution in [0.1, 0.15) is 31.2 Å². The van der Waals surface area contributed by atoms with Gasteiger partial charge in [0.1, 0.15) is 18.5 Å². The quantitative estimate of drug-likeness (QED) is 0.863. The number of aliphatic hydroxyl groups is 1. The summed E-state index contributed by atoms with van der Waals surface area (Å²) < 4.78 is 5.73. The van der Waals surface area contributed by atoms with Gasteiger partial charge in [0.05, 0.1) is 6.54 Å². The Labute approximate surface area is 137 Å². The number of aliphatic hydroxyl groups excluding tert-OH is 1. The first kappa shape index (κ1) is 16.3. The van der Waals surface area contributed by atoms with Gasteiger partial charge in [0, 0.05) is 18.6 Å². The zero-order valence-corrected chi connectivity index (χ0v) is 13.7. The molecule has 2 fully saturated rings. The Morgan fingerprint density at radius 3 is 2.96 bits per heavy atom. The molecule has 3 rings (SSSR count). The Kier molecular flexibility index (Phi) is 5.18. The monoisotopic (exact) mass is 318 g/mol. The average molecular weight is 318 g/mol. The highest BCUT2D eigenvalue weighted by Crippen LogP contribution is 2.26. The Balaban J connectivity index is 1.55. The van der Waals surface area contributed by atoms with E-state index < -0.39 is 6.10 Å². The molecule has 2 N–H and O–H groups in total. The van der Waals surface area contributed by atoms with Crippen molar-refractivity contribution in [2.24, 2.45) is 0 Å². The number of amides is 1. The van der Waals surface area contributed by atoms with E-state index in [-0.39, 0.29) is 18.6 Å². The second kappa shape index (κ2) is 7.32. The molecule has 1 heterocycles. The van der Waals surface area contributed by atoms with Crippen LogP contribution in [-0.2, 0) is 4.79 Å². The molecule has 1 amide bonds. The molecule has 1 saturated heterocycles. The van der Waals surface area contributed by atoms with Gasteiger partial charge in [0.15, 0.2) is 0 Å². The van der Waals surface area contributed by atoms with Crippen LogP contribution in [0.25, 0.3) is 0 Å². The summed E-state index contributed by atoms with van der Waals surface area (Å²) in [7, 11) is 0. The number of hydrogen-bond donors (Lipinski definition) is 2. The van der Waals surface area contributed by atoms with E-state index in [4.69, 9.17) is 4.74 Å². The number of β-amino-alcohol motifs (C(OH)–C–C–N with tert-alkyl or cyclic N) is 1. The fourth-order valence-corrected chi connectivity index (χ4v) is 3.70. The lowest BCUT2D eigenvalue weighted by molar-refractivity contribution is -0.129. The average Bonchev–Trinajstić information content (AvgIpc) is 2.54. The van der Waals surface area contributed by atoms with Gasteiger partial charge in [-0.3, -0.25) is 9.69 Å². The van der Waals surface area contributed by atoms with Crippen molar-refractivity contribution in [1.82, 2.24) is 10.2 Å². The number of carbonyl (C=O) groups is 1. The highest BCUT2D eigenvalue weighted by molar-refractivity contribution is 5.79. The molecule has 0 spiro atoms. The maximum Gasteiger partial charge on any atom is 0.234 e. The predicted octanol–water partition coefficient (Wildman–Crippen LogP) is 1.48. The minimum Gasteiger partial charge on any atom is -0.491 e.